The van der Waals surface area contributed by atoms with Gasteiger partial charge in [0.05, 0.1) is 6.04 Å². The van der Waals surface area contributed by atoms with E-state index in [1.165, 1.54) is 12.0 Å². The zero-order valence-corrected chi connectivity index (χ0v) is 15.5. The molecule has 4 fully saturated rings. The number of nitrogens with zero attached hydrogens (tertiary/aromatic N) is 2. The van der Waals surface area contributed by atoms with Crippen LogP contribution in [0.25, 0.3) is 0 Å². The molecule has 3 aliphatic heterocycles. The highest BCUT2D eigenvalue weighted by Gasteiger charge is 2.44. The first-order valence-corrected chi connectivity index (χ1v) is 9.52. The van der Waals surface area contributed by atoms with Gasteiger partial charge in [-0.15, -0.1) is 12.4 Å². The zero-order valence-electron chi connectivity index (χ0n) is 14.7. The molecule has 2 bridgehead atoms. The van der Waals surface area contributed by atoms with E-state index in [4.69, 9.17) is 0 Å². The minimum Gasteiger partial charge on any atom is -0.465 e. The van der Waals surface area contributed by atoms with Gasteiger partial charge in [-0.1, -0.05) is 43.2 Å². The van der Waals surface area contributed by atoms with Gasteiger partial charge >= 0.3 is 6.09 Å². The second-order valence-corrected chi connectivity index (χ2v) is 7.76. The number of carboxylic acid groups (broad SMARTS) is 1. The Hall–Kier alpha value is -1.26. The summed E-state index contributed by atoms with van der Waals surface area (Å²) in [5.74, 6) is 0.913. The second-order valence-electron chi connectivity index (χ2n) is 7.76. The average molecular weight is 365 g/mol. The molecular weight excluding hydrogens is 336 g/mol. The molecule has 25 heavy (non-hydrogen) atoms. The Morgan fingerprint density at radius 3 is 2.28 bits per heavy atom. The number of hydrogen-bond acceptors (Lipinski definition) is 2. The summed E-state index contributed by atoms with van der Waals surface area (Å²) >= 11 is 0. The van der Waals surface area contributed by atoms with Crippen LogP contribution in [-0.4, -0.2) is 52.7 Å². The predicted octanol–water partition coefficient (Wildman–Crippen LogP) is 4.21. The van der Waals surface area contributed by atoms with E-state index < -0.39 is 6.09 Å². The van der Waals surface area contributed by atoms with E-state index >= 15 is 0 Å². The van der Waals surface area contributed by atoms with Crippen molar-refractivity contribution in [3.63, 3.8) is 0 Å². The van der Waals surface area contributed by atoms with Crippen LogP contribution in [0.1, 0.15) is 50.0 Å². The molecule has 1 amide bonds. The molecule has 1 aromatic rings. The third-order valence-corrected chi connectivity index (χ3v) is 6.51. The Morgan fingerprint density at radius 1 is 1.00 bits per heavy atom. The molecule has 1 saturated carbocycles. The maximum absolute atomic E-state index is 12.3. The van der Waals surface area contributed by atoms with Crippen molar-refractivity contribution in [1.29, 1.82) is 0 Å². The first-order chi connectivity index (χ1) is 11.7. The van der Waals surface area contributed by atoms with Crippen LogP contribution in [0.4, 0.5) is 4.79 Å². The van der Waals surface area contributed by atoms with E-state index in [0.29, 0.717) is 11.8 Å². The van der Waals surface area contributed by atoms with E-state index in [9.17, 15) is 9.90 Å². The van der Waals surface area contributed by atoms with Gasteiger partial charge in [-0.2, -0.15) is 0 Å². The molecule has 3 saturated heterocycles. The van der Waals surface area contributed by atoms with E-state index in [2.05, 4.69) is 29.2 Å². The monoisotopic (exact) mass is 364 g/mol. The molecule has 5 heteroatoms. The van der Waals surface area contributed by atoms with Gasteiger partial charge in [-0.25, -0.2) is 4.79 Å². The summed E-state index contributed by atoms with van der Waals surface area (Å²) < 4.78 is 0. The topological polar surface area (TPSA) is 43.8 Å². The lowest BCUT2D eigenvalue weighted by Gasteiger charge is -2.52. The van der Waals surface area contributed by atoms with E-state index in [1.807, 2.05) is 11.0 Å². The Balaban J connectivity index is 0.00000182. The maximum atomic E-state index is 12.3. The normalized spacial score (nSPS) is 34.2. The van der Waals surface area contributed by atoms with Gasteiger partial charge in [0.25, 0.3) is 0 Å². The third-order valence-electron chi connectivity index (χ3n) is 6.51. The lowest BCUT2D eigenvalue weighted by molar-refractivity contribution is -0.0167. The number of hydrogen-bond donors (Lipinski definition) is 1. The Labute approximate surface area is 156 Å². The molecular formula is C20H29ClN2O2. The fraction of sp³-hybridized carbons (Fsp3) is 0.650. The Kier molecular flexibility index (Phi) is 5.90. The molecule has 1 aliphatic carbocycles. The fourth-order valence-corrected chi connectivity index (χ4v) is 5.31. The SMILES string of the molecule is Cl.O=C(O)N([C@@H]1CCCC[C@H]1c1ccccc1)[C@H]1CN2CCC1CC2. The molecule has 0 aromatic heterocycles. The van der Waals surface area contributed by atoms with Crippen LogP contribution >= 0.6 is 12.4 Å². The minimum absolute atomic E-state index is 0. The van der Waals surface area contributed by atoms with E-state index in [1.54, 1.807) is 0 Å². The molecule has 0 spiro atoms. The number of amides is 1. The van der Waals surface area contributed by atoms with Crippen molar-refractivity contribution in [3.8, 4) is 0 Å². The standard InChI is InChI=1S/C20H28N2O2.ClH/c23-20(24)22(19-14-21-12-10-16(19)11-13-21)18-9-5-4-8-17(18)15-6-2-1-3-7-15;/h1-3,6-7,16-19H,4-5,8-14H2,(H,23,24);1H/t17-,18+,19-;/m0./s1. The number of benzene rings is 1. The molecule has 0 radical (unpaired) electrons. The Morgan fingerprint density at radius 2 is 1.68 bits per heavy atom. The Bertz CT molecular complexity index is 574. The quantitative estimate of drug-likeness (QED) is 0.873. The second kappa shape index (κ2) is 7.96. The number of carbonyl (C=O) groups is 1. The average Bonchev–Trinajstić information content (AvgIpc) is 2.64. The van der Waals surface area contributed by atoms with E-state index in [0.717, 1.165) is 51.7 Å². The summed E-state index contributed by atoms with van der Waals surface area (Å²) in [4.78, 5) is 16.6. The first kappa shape index (κ1) is 18.5. The van der Waals surface area contributed by atoms with Crippen LogP contribution in [0.3, 0.4) is 0 Å². The number of fused-ring (bicyclic) bond motifs is 3. The van der Waals surface area contributed by atoms with Crippen LogP contribution in [0.2, 0.25) is 0 Å². The molecule has 4 nitrogen and oxygen atoms in total. The van der Waals surface area contributed by atoms with Gasteiger partial charge in [0.2, 0.25) is 0 Å². The van der Waals surface area contributed by atoms with Crippen molar-refractivity contribution < 1.29 is 9.90 Å². The zero-order chi connectivity index (χ0) is 16.5. The van der Waals surface area contributed by atoms with Crippen LogP contribution in [0, 0.1) is 5.92 Å². The maximum Gasteiger partial charge on any atom is 0.407 e. The van der Waals surface area contributed by atoms with Crippen LogP contribution in [0.5, 0.6) is 0 Å². The molecule has 1 aromatic carbocycles. The summed E-state index contributed by atoms with van der Waals surface area (Å²) in [6.45, 7) is 3.25. The van der Waals surface area contributed by atoms with Crippen molar-refractivity contribution in [2.75, 3.05) is 19.6 Å². The van der Waals surface area contributed by atoms with Gasteiger partial charge < -0.3 is 14.9 Å². The lowest BCUT2D eigenvalue weighted by atomic mass is 9.76. The van der Waals surface area contributed by atoms with Gasteiger partial charge in [0.15, 0.2) is 0 Å². The summed E-state index contributed by atoms with van der Waals surface area (Å²) in [5.41, 5.74) is 1.31. The summed E-state index contributed by atoms with van der Waals surface area (Å²) in [7, 11) is 0. The molecule has 138 valence electrons. The largest absolute Gasteiger partial charge is 0.465 e. The van der Waals surface area contributed by atoms with Crippen molar-refractivity contribution in [2.45, 2.75) is 56.5 Å². The molecule has 3 heterocycles. The molecule has 0 unspecified atom stereocenters. The molecule has 5 rings (SSSR count). The predicted molar refractivity (Wildman–Crippen MR) is 102 cm³/mol. The van der Waals surface area contributed by atoms with Gasteiger partial charge in [-0.3, -0.25) is 0 Å². The summed E-state index contributed by atoms with van der Waals surface area (Å²) in [6, 6.07) is 10.9. The van der Waals surface area contributed by atoms with Crippen LogP contribution < -0.4 is 0 Å². The number of halogens is 1. The van der Waals surface area contributed by atoms with Crippen molar-refractivity contribution in [3.05, 3.63) is 35.9 Å². The van der Waals surface area contributed by atoms with Gasteiger partial charge in [0.1, 0.15) is 0 Å². The van der Waals surface area contributed by atoms with Crippen LogP contribution in [-0.2, 0) is 0 Å². The summed E-state index contributed by atoms with van der Waals surface area (Å²) in [5, 5.41) is 10.1. The lowest BCUT2D eigenvalue weighted by Crippen LogP contribution is -2.62. The van der Waals surface area contributed by atoms with Crippen LogP contribution in [0.15, 0.2) is 30.3 Å². The number of piperidine rings is 3. The molecule has 3 atom stereocenters. The molecule has 4 aliphatic rings. The highest BCUT2D eigenvalue weighted by Crippen LogP contribution is 2.40. The molecule has 1 N–H and O–H groups in total. The number of rotatable bonds is 3. The van der Waals surface area contributed by atoms with Crippen molar-refractivity contribution in [2.24, 2.45) is 5.92 Å². The minimum atomic E-state index is -0.707. The smallest absolute Gasteiger partial charge is 0.407 e. The van der Waals surface area contributed by atoms with E-state index in [-0.39, 0.29) is 24.5 Å². The third kappa shape index (κ3) is 3.65. The fourth-order valence-electron chi connectivity index (χ4n) is 5.31. The van der Waals surface area contributed by atoms with Gasteiger partial charge in [0, 0.05) is 18.5 Å². The first-order valence-electron chi connectivity index (χ1n) is 9.52. The highest BCUT2D eigenvalue weighted by molar-refractivity contribution is 5.85. The summed E-state index contributed by atoms with van der Waals surface area (Å²) in [6.07, 6.45) is 6.10. The van der Waals surface area contributed by atoms with Gasteiger partial charge in [-0.05, 0) is 50.3 Å². The van der Waals surface area contributed by atoms with Crippen molar-refractivity contribution >= 4 is 18.5 Å². The highest BCUT2D eigenvalue weighted by atomic mass is 35.5. The van der Waals surface area contributed by atoms with Crippen molar-refractivity contribution in [1.82, 2.24) is 9.80 Å².